The summed E-state index contributed by atoms with van der Waals surface area (Å²) in [6, 6.07) is -0.667. The van der Waals surface area contributed by atoms with Crippen molar-refractivity contribution in [2.24, 2.45) is 11.8 Å². The van der Waals surface area contributed by atoms with E-state index in [1.807, 2.05) is 0 Å². The molecule has 0 aromatic carbocycles. The second-order valence-electron chi connectivity index (χ2n) is 10.3. The average molecular weight is 480 g/mol. The van der Waals surface area contributed by atoms with Crippen molar-refractivity contribution in [2.45, 2.75) is 101 Å². The highest BCUT2D eigenvalue weighted by Crippen LogP contribution is 2.41. The van der Waals surface area contributed by atoms with Crippen LogP contribution >= 0.6 is 11.6 Å². The number of carbonyl (C=O) groups excluding carboxylic acids is 1. The van der Waals surface area contributed by atoms with Crippen LogP contribution in [-0.2, 0) is 4.79 Å². The minimum Gasteiger partial charge on any atom is -0.333 e. The van der Waals surface area contributed by atoms with E-state index in [1.165, 1.54) is 7.05 Å². The molecular weight excluding hydrogens is 443 g/mol. The van der Waals surface area contributed by atoms with Crippen LogP contribution in [0.5, 0.6) is 0 Å². The molecule has 0 bridgehead atoms. The number of nitrogens with zero attached hydrogens (tertiary/aromatic N) is 3. The van der Waals surface area contributed by atoms with Crippen LogP contribution in [0.15, 0.2) is 0 Å². The number of piperidine rings is 1. The Morgan fingerprint density at radius 2 is 1.81 bits per heavy atom. The summed E-state index contributed by atoms with van der Waals surface area (Å²) in [5.74, 6) is -1.42. The zero-order valence-corrected chi connectivity index (χ0v) is 20.0. The third-order valence-corrected chi connectivity index (χ3v) is 8.29. The molecular formula is C22H37ClF3N5O. The van der Waals surface area contributed by atoms with E-state index in [2.05, 4.69) is 20.7 Å². The van der Waals surface area contributed by atoms with Gasteiger partial charge in [0.1, 0.15) is 6.04 Å². The first-order chi connectivity index (χ1) is 15.1. The standard InChI is InChI=1S/C22H37ClF3N5O/c1-13(2)21(32)29(3)20(22(24,25)26)14-6-8-15(9-7-14)30-10-4-5-16-17(30)12-27-19-11-18(23)28-31(16)19/h13-20,27-28H,4-12H2,1-3H3/t14?,15?,16?,17?,18?,19?,20-/m0/s1. The van der Waals surface area contributed by atoms with E-state index in [4.69, 9.17) is 11.6 Å². The van der Waals surface area contributed by atoms with Crippen LogP contribution < -0.4 is 10.7 Å². The predicted molar refractivity (Wildman–Crippen MR) is 118 cm³/mol. The zero-order valence-electron chi connectivity index (χ0n) is 19.2. The number of hydrazine groups is 1. The van der Waals surface area contributed by atoms with Crippen molar-refractivity contribution < 1.29 is 18.0 Å². The van der Waals surface area contributed by atoms with Crippen molar-refractivity contribution in [3.8, 4) is 0 Å². The molecule has 0 radical (unpaired) electrons. The summed E-state index contributed by atoms with van der Waals surface area (Å²) in [7, 11) is 1.32. The van der Waals surface area contributed by atoms with Gasteiger partial charge in [-0.1, -0.05) is 13.8 Å². The Hall–Kier alpha value is -0.610. The molecule has 1 aliphatic carbocycles. The first-order valence-electron chi connectivity index (χ1n) is 12.1. The summed E-state index contributed by atoms with van der Waals surface area (Å²) in [6.07, 6.45) is 1.43. The Balaban J connectivity index is 1.41. The maximum Gasteiger partial charge on any atom is 0.409 e. The van der Waals surface area contributed by atoms with Crippen molar-refractivity contribution in [1.29, 1.82) is 0 Å². The Labute approximate surface area is 194 Å². The van der Waals surface area contributed by atoms with Gasteiger partial charge >= 0.3 is 6.18 Å². The molecule has 4 fully saturated rings. The van der Waals surface area contributed by atoms with Crippen molar-refractivity contribution >= 4 is 17.5 Å². The van der Waals surface area contributed by atoms with Gasteiger partial charge in [-0.3, -0.25) is 15.0 Å². The number of fused-ring (bicyclic) bond motifs is 3. The van der Waals surface area contributed by atoms with Gasteiger partial charge in [-0.15, -0.1) is 11.6 Å². The summed E-state index contributed by atoms with van der Waals surface area (Å²) in [5, 5.41) is 5.90. The summed E-state index contributed by atoms with van der Waals surface area (Å²) < 4.78 is 41.9. The van der Waals surface area contributed by atoms with Gasteiger partial charge in [0.25, 0.3) is 0 Å². The minimum absolute atomic E-state index is 0.0538. The lowest BCUT2D eigenvalue weighted by Gasteiger charge is -2.53. The van der Waals surface area contributed by atoms with Crippen LogP contribution in [0.4, 0.5) is 13.2 Å². The summed E-state index contributed by atoms with van der Waals surface area (Å²) >= 11 is 6.33. The van der Waals surface area contributed by atoms with E-state index in [-0.39, 0.29) is 11.7 Å². The molecule has 6 nitrogen and oxygen atoms in total. The van der Waals surface area contributed by atoms with Gasteiger partial charge in [0.2, 0.25) is 5.91 Å². The van der Waals surface area contributed by atoms with Gasteiger partial charge < -0.3 is 4.90 Å². The van der Waals surface area contributed by atoms with Crippen LogP contribution in [0.2, 0.25) is 0 Å². The number of rotatable bonds is 4. The summed E-state index contributed by atoms with van der Waals surface area (Å²) in [4.78, 5) is 15.8. The quantitative estimate of drug-likeness (QED) is 0.479. The first-order valence-corrected chi connectivity index (χ1v) is 12.5. The number of amides is 1. The molecule has 0 spiro atoms. The van der Waals surface area contributed by atoms with Crippen molar-refractivity contribution in [3.05, 3.63) is 0 Å². The van der Waals surface area contributed by atoms with Crippen LogP contribution in [0.1, 0.15) is 58.8 Å². The van der Waals surface area contributed by atoms with Crippen LogP contribution in [0.3, 0.4) is 0 Å². The molecule has 4 unspecified atom stereocenters. The van der Waals surface area contributed by atoms with Crippen molar-refractivity contribution in [1.82, 2.24) is 25.6 Å². The number of hydrogen-bond acceptors (Lipinski definition) is 5. The van der Waals surface area contributed by atoms with Gasteiger partial charge in [-0.25, -0.2) is 10.4 Å². The predicted octanol–water partition coefficient (Wildman–Crippen LogP) is 3.13. The van der Waals surface area contributed by atoms with E-state index in [0.717, 1.165) is 50.1 Å². The Kier molecular flexibility index (Phi) is 7.33. The minimum atomic E-state index is -4.41. The number of halogens is 4. The third-order valence-electron chi connectivity index (χ3n) is 8.01. The lowest BCUT2D eigenvalue weighted by atomic mass is 9.78. The second-order valence-corrected chi connectivity index (χ2v) is 10.9. The SMILES string of the molecule is CC(C)C(=O)N(C)[C@@H](C1CCC(N2CCCC3C2CNC2CC(Cl)NN23)CC1)C(F)(F)F. The Morgan fingerprint density at radius 1 is 1.12 bits per heavy atom. The monoisotopic (exact) mass is 479 g/mol. The van der Waals surface area contributed by atoms with E-state index < -0.39 is 30.0 Å². The van der Waals surface area contributed by atoms with Gasteiger partial charge in [-0.2, -0.15) is 13.2 Å². The largest absolute Gasteiger partial charge is 0.409 e. The van der Waals surface area contributed by atoms with E-state index in [9.17, 15) is 18.0 Å². The van der Waals surface area contributed by atoms with E-state index in [0.29, 0.717) is 31.0 Å². The number of carbonyl (C=O) groups is 1. The highest BCUT2D eigenvalue weighted by Gasteiger charge is 2.51. The van der Waals surface area contributed by atoms with Crippen molar-refractivity contribution in [3.63, 3.8) is 0 Å². The molecule has 4 aliphatic rings. The van der Waals surface area contributed by atoms with Crippen LogP contribution in [0.25, 0.3) is 0 Å². The topological polar surface area (TPSA) is 50.9 Å². The first kappa shape index (κ1) is 24.5. The second kappa shape index (κ2) is 9.56. The molecule has 1 saturated carbocycles. The Morgan fingerprint density at radius 3 is 2.44 bits per heavy atom. The molecule has 4 rings (SSSR count). The molecule has 0 aromatic rings. The highest BCUT2D eigenvalue weighted by molar-refractivity contribution is 6.20. The van der Waals surface area contributed by atoms with Gasteiger partial charge in [0.15, 0.2) is 0 Å². The fourth-order valence-electron chi connectivity index (χ4n) is 6.57. The number of alkyl halides is 4. The fourth-order valence-corrected chi connectivity index (χ4v) is 6.85. The fraction of sp³-hybridized carbons (Fsp3) is 0.955. The molecule has 10 heteroatoms. The molecule has 3 heterocycles. The molecule has 3 saturated heterocycles. The summed E-state index contributed by atoms with van der Waals surface area (Å²) in [6.45, 7) is 5.20. The maximum absolute atomic E-state index is 14.0. The van der Waals surface area contributed by atoms with Gasteiger partial charge in [0.05, 0.1) is 11.7 Å². The number of hydrogen-bond donors (Lipinski definition) is 2. The van der Waals surface area contributed by atoms with Gasteiger partial charge in [0, 0.05) is 44.1 Å². The van der Waals surface area contributed by atoms with Crippen LogP contribution in [0, 0.1) is 11.8 Å². The number of likely N-dealkylation sites (tertiary alicyclic amines) is 1. The molecule has 5 atom stereocenters. The molecule has 3 aliphatic heterocycles. The van der Waals surface area contributed by atoms with E-state index >= 15 is 0 Å². The molecule has 1 amide bonds. The van der Waals surface area contributed by atoms with Crippen molar-refractivity contribution in [2.75, 3.05) is 20.1 Å². The smallest absolute Gasteiger partial charge is 0.333 e. The Bertz CT molecular complexity index is 672. The molecule has 2 N–H and O–H groups in total. The summed E-state index contributed by atoms with van der Waals surface area (Å²) in [5.41, 5.74) is 3.34. The lowest BCUT2D eigenvalue weighted by Crippen LogP contribution is -2.70. The highest BCUT2D eigenvalue weighted by atomic mass is 35.5. The molecule has 32 heavy (non-hydrogen) atoms. The molecule has 184 valence electrons. The van der Waals surface area contributed by atoms with Gasteiger partial charge in [-0.05, 0) is 51.0 Å². The molecule has 0 aromatic heterocycles. The normalized spacial score (nSPS) is 37.8. The average Bonchev–Trinajstić information content (AvgIpc) is 3.13. The lowest BCUT2D eigenvalue weighted by molar-refractivity contribution is -0.202. The number of nitrogens with one attached hydrogen (secondary N) is 2. The van der Waals surface area contributed by atoms with Crippen LogP contribution in [-0.4, -0.2) is 82.9 Å². The van der Waals surface area contributed by atoms with E-state index in [1.54, 1.807) is 13.8 Å². The maximum atomic E-state index is 14.0. The zero-order chi connectivity index (χ0) is 23.2. The third kappa shape index (κ3) is 4.78.